The van der Waals surface area contributed by atoms with Crippen LogP contribution in [0.3, 0.4) is 0 Å². The van der Waals surface area contributed by atoms with E-state index in [1.807, 2.05) is 12.1 Å². The lowest BCUT2D eigenvalue weighted by Gasteiger charge is -2.30. The number of methoxy groups -OCH3 is 2. The Morgan fingerprint density at radius 2 is 1.83 bits per heavy atom. The summed E-state index contributed by atoms with van der Waals surface area (Å²) in [6.07, 6.45) is 1.85. The molecule has 1 aromatic carbocycles. The van der Waals surface area contributed by atoms with E-state index in [4.69, 9.17) is 13.7 Å². The van der Waals surface area contributed by atoms with Gasteiger partial charge < -0.3 is 9.47 Å². The maximum Gasteiger partial charge on any atom is 0.264 e. The van der Waals surface area contributed by atoms with Crippen LogP contribution in [-0.4, -0.2) is 35.5 Å². The predicted octanol–water partition coefficient (Wildman–Crippen LogP) is 1.32. The van der Waals surface area contributed by atoms with Crippen molar-refractivity contribution in [2.75, 3.05) is 27.1 Å². The van der Waals surface area contributed by atoms with Gasteiger partial charge in [0.1, 0.15) is 0 Å². The quantitative estimate of drug-likeness (QED) is 0.756. The van der Waals surface area contributed by atoms with Crippen LogP contribution in [-0.2, 0) is 20.7 Å². The van der Waals surface area contributed by atoms with Gasteiger partial charge in [0.15, 0.2) is 11.5 Å². The highest BCUT2D eigenvalue weighted by Crippen LogP contribution is 2.42. The van der Waals surface area contributed by atoms with Crippen LogP contribution in [0.4, 0.5) is 0 Å². The Balaban J connectivity index is 2.15. The average Bonchev–Trinajstić information content (AvgIpc) is 2.28. The van der Waals surface area contributed by atoms with E-state index >= 15 is 0 Å². The molecule has 1 aliphatic carbocycles. The number of fused-ring (bicyclic) bond motifs is 1. The van der Waals surface area contributed by atoms with Gasteiger partial charge in [0, 0.05) is 5.92 Å². The summed E-state index contributed by atoms with van der Waals surface area (Å²) < 4.78 is 37.1. The SMILES string of the molecule is COc1cc2c(cc1OC)C(COS(C)(=O)=O)C2. The van der Waals surface area contributed by atoms with Gasteiger partial charge in [-0.2, -0.15) is 8.42 Å². The molecular weight excluding hydrogens is 256 g/mol. The average molecular weight is 272 g/mol. The summed E-state index contributed by atoms with van der Waals surface area (Å²) in [5.74, 6) is 1.45. The van der Waals surface area contributed by atoms with E-state index in [0.717, 1.165) is 23.8 Å². The molecule has 5 nitrogen and oxygen atoms in total. The Morgan fingerprint density at radius 1 is 1.22 bits per heavy atom. The lowest BCUT2D eigenvalue weighted by Crippen LogP contribution is -2.23. The van der Waals surface area contributed by atoms with Gasteiger partial charge >= 0.3 is 0 Å². The molecule has 0 heterocycles. The van der Waals surface area contributed by atoms with Crippen LogP contribution in [0.5, 0.6) is 11.5 Å². The third-order valence-corrected chi connectivity index (χ3v) is 3.60. The topological polar surface area (TPSA) is 61.8 Å². The third-order valence-electron chi connectivity index (χ3n) is 3.03. The lowest BCUT2D eigenvalue weighted by molar-refractivity contribution is 0.280. The van der Waals surface area contributed by atoms with Gasteiger partial charge in [-0.1, -0.05) is 0 Å². The van der Waals surface area contributed by atoms with Crippen LogP contribution in [0.2, 0.25) is 0 Å². The van der Waals surface area contributed by atoms with Gasteiger partial charge in [0.05, 0.1) is 27.1 Å². The monoisotopic (exact) mass is 272 g/mol. The molecule has 0 aliphatic heterocycles. The minimum absolute atomic E-state index is 0.106. The summed E-state index contributed by atoms with van der Waals surface area (Å²) in [6.45, 7) is 0.182. The van der Waals surface area contributed by atoms with Crippen LogP contribution in [0, 0.1) is 0 Å². The molecule has 2 rings (SSSR count). The Labute approximate surface area is 107 Å². The summed E-state index contributed by atoms with van der Waals surface area (Å²) in [4.78, 5) is 0. The number of hydrogen-bond acceptors (Lipinski definition) is 5. The fraction of sp³-hybridized carbons (Fsp3) is 0.500. The molecule has 6 heteroatoms. The van der Waals surface area contributed by atoms with E-state index in [1.54, 1.807) is 14.2 Å². The van der Waals surface area contributed by atoms with Gasteiger partial charge in [0.2, 0.25) is 0 Å². The fourth-order valence-electron chi connectivity index (χ4n) is 2.09. The number of ether oxygens (including phenoxy) is 2. The second-order valence-corrected chi connectivity index (χ2v) is 5.94. The van der Waals surface area contributed by atoms with Crippen molar-refractivity contribution in [3.05, 3.63) is 23.3 Å². The predicted molar refractivity (Wildman–Crippen MR) is 66.8 cm³/mol. The molecule has 0 spiro atoms. The van der Waals surface area contributed by atoms with Crippen LogP contribution in [0.1, 0.15) is 17.0 Å². The molecule has 0 saturated heterocycles. The summed E-state index contributed by atoms with van der Waals surface area (Å²) in [7, 11) is -0.218. The molecule has 1 aliphatic rings. The molecule has 1 aromatic rings. The van der Waals surface area contributed by atoms with Crippen LogP contribution >= 0.6 is 0 Å². The highest BCUT2D eigenvalue weighted by atomic mass is 32.2. The molecule has 0 N–H and O–H groups in total. The number of hydrogen-bond donors (Lipinski definition) is 0. The first-order valence-corrected chi connectivity index (χ1v) is 7.35. The smallest absolute Gasteiger partial charge is 0.264 e. The zero-order valence-corrected chi connectivity index (χ0v) is 11.4. The lowest BCUT2D eigenvalue weighted by atomic mass is 9.78. The molecule has 0 bridgehead atoms. The van der Waals surface area contributed by atoms with Crippen molar-refractivity contribution in [1.82, 2.24) is 0 Å². The van der Waals surface area contributed by atoms with Crippen LogP contribution in [0.15, 0.2) is 12.1 Å². The molecule has 0 aromatic heterocycles. The minimum Gasteiger partial charge on any atom is -0.493 e. The van der Waals surface area contributed by atoms with E-state index in [2.05, 4.69) is 0 Å². The van der Waals surface area contributed by atoms with Crippen molar-refractivity contribution in [2.45, 2.75) is 12.3 Å². The standard InChI is InChI=1S/C12H16O5S/c1-15-11-5-8-4-9(7-17-18(3,13)14)10(8)6-12(11)16-2/h5-6,9H,4,7H2,1-3H3. The van der Waals surface area contributed by atoms with Gasteiger partial charge in [-0.05, 0) is 29.7 Å². The fourth-order valence-corrected chi connectivity index (χ4v) is 2.50. The first-order chi connectivity index (χ1) is 8.44. The van der Waals surface area contributed by atoms with Crippen molar-refractivity contribution < 1.29 is 22.1 Å². The van der Waals surface area contributed by atoms with Crippen molar-refractivity contribution in [2.24, 2.45) is 0 Å². The number of benzene rings is 1. The highest BCUT2D eigenvalue weighted by molar-refractivity contribution is 7.85. The van der Waals surface area contributed by atoms with Gasteiger partial charge in [0.25, 0.3) is 10.1 Å². The molecule has 100 valence electrons. The second kappa shape index (κ2) is 4.78. The highest BCUT2D eigenvalue weighted by Gasteiger charge is 2.29. The Bertz CT molecular complexity index is 550. The summed E-state index contributed by atoms with van der Waals surface area (Å²) in [6, 6.07) is 3.80. The normalized spacial score (nSPS) is 17.8. The van der Waals surface area contributed by atoms with Crippen molar-refractivity contribution in [3.63, 3.8) is 0 Å². The second-order valence-electron chi connectivity index (χ2n) is 4.30. The zero-order valence-electron chi connectivity index (χ0n) is 10.6. The molecule has 0 radical (unpaired) electrons. The van der Waals surface area contributed by atoms with Crippen LogP contribution < -0.4 is 9.47 Å². The van der Waals surface area contributed by atoms with Crippen LogP contribution in [0.25, 0.3) is 0 Å². The van der Waals surface area contributed by atoms with Crippen molar-refractivity contribution >= 4 is 10.1 Å². The first-order valence-electron chi connectivity index (χ1n) is 5.54. The number of rotatable bonds is 5. The largest absolute Gasteiger partial charge is 0.493 e. The minimum atomic E-state index is -3.38. The van der Waals surface area contributed by atoms with Gasteiger partial charge in [-0.15, -0.1) is 0 Å². The van der Waals surface area contributed by atoms with E-state index in [-0.39, 0.29) is 12.5 Å². The molecule has 18 heavy (non-hydrogen) atoms. The third kappa shape index (κ3) is 2.59. The first kappa shape index (κ1) is 13.2. The van der Waals surface area contributed by atoms with E-state index in [9.17, 15) is 8.42 Å². The van der Waals surface area contributed by atoms with Gasteiger partial charge in [-0.25, -0.2) is 0 Å². The molecule has 1 atom stereocenters. The van der Waals surface area contributed by atoms with Crippen molar-refractivity contribution in [1.29, 1.82) is 0 Å². The molecule has 0 fully saturated rings. The summed E-state index contributed by atoms with van der Waals surface area (Å²) in [5.41, 5.74) is 2.21. The summed E-state index contributed by atoms with van der Waals surface area (Å²) in [5, 5.41) is 0. The van der Waals surface area contributed by atoms with Gasteiger partial charge in [-0.3, -0.25) is 4.18 Å². The van der Waals surface area contributed by atoms with E-state index in [0.29, 0.717) is 11.5 Å². The van der Waals surface area contributed by atoms with Crippen molar-refractivity contribution in [3.8, 4) is 11.5 Å². The molecule has 0 saturated carbocycles. The Hall–Kier alpha value is -1.27. The Kier molecular flexibility index (Phi) is 3.49. The molecule has 0 amide bonds. The maximum absolute atomic E-state index is 10.9. The van der Waals surface area contributed by atoms with E-state index in [1.165, 1.54) is 0 Å². The Morgan fingerprint density at radius 3 is 2.39 bits per heavy atom. The zero-order chi connectivity index (χ0) is 13.3. The van der Waals surface area contributed by atoms with E-state index < -0.39 is 10.1 Å². The maximum atomic E-state index is 10.9. The molecular formula is C12H16O5S. The summed E-state index contributed by atoms with van der Waals surface area (Å²) >= 11 is 0. The molecule has 1 unspecified atom stereocenters.